The van der Waals surface area contributed by atoms with Crippen molar-refractivity contribution in [2.45, 2.75) is 26.5 Å². The number of hydrogen-bond acceptors (Lipinski definition) is 3. The van der Waals surface area contributed by atoms with Crippen LogP contribution in [0.3, 0.4) is 0 Å². The van der Waals surface area contributed by atoms with Crippen LogP contribution in [0, 0.1) is 0 Å². The van der Waals surface area contributed by atoms with Crippen LogP contribution in [0.5, 0.6) is 5.75 Å². The van der Waals surface area contributed by atoms with E-state index < -0.39 is 6.10 Å². The number of likely N-dealkylation sites (N-methyl/N-ethyl adjacent to an activating group) is 1. The molecule has 0 aromatic heterocycles. The number of nitrogens with zero attached hydrogens (tertiary/aromatic N) is 1. The number of halogens is 1. The lowest BCUT2D eigenvalue weighted by atomic mass is 10.2. The first-order valence-corrected chi connectivity index (χ1v) is 6.71. The molecule has 0 radical (unpaired) electrons. The maximum absolute atomic E-state index is 11.8. The van der Waals surface area contributed by atoms with Gasteiger partial charge in [-0.15, -0.1) is 0 Å². The number of rotatable bonds is 6. The normalized spacial score (nSPS) is 12.1. The van der Waals surface area contributed by atoms with E-state index in [9.17, 15) is 4.79 Å². The Balaban J connectivity index is 2.89. The van der Waals surface area contributed by atoms with Crippen molar-refractivity contribution in [2.24, 2.45) is 0 Å². The smallest absolute Gasteiger partial charge is 0.262 e. The van der Waals surface area contributed by atoms with E-state index in [0.717, 1.165) is 12.1 Å². The number of nitrogens with one attached hydrogen (secondary N) is 1. The van der Waals surface area contributed by atoms with E-state index in [2.05, 4.69) is 5.32 Å². The van der Waals surface area contributed by atoms with Gasteiger partial charge in [0, 0.05) is 26.2 Å². The van der Waals surface area contributed by atoms with E-state index in [1.165, 1.54) is 4.90 Å². The fraction of sp³-hybridized carbons (Fsp3) is 0.500. The molecule has 19 heavy (non-hydrogen) atoms. The molecule has 0 saturated heterocycles. The molecule has 0 saturated carbocycles. The molecule has 1 atom stereocenters. The zero-order valence-electron chi connectivity index (χ0n) is 11.9. The average molecular weight is 285 g/mol. The topological polar surface area (TPSA) is 41.6 Å². The lowest BCUT2D eigenvalue weighted by Crippen LogP contribution is -2.35. The molecule has 0 aliphatic rings. The van der Waals surface area contributed by atoms with Crippen LogP contribution in [0.4, 0.5) is 0 Å². The van der Waals surface area contributed by atoms with Crippen molar-refractivity contribution in [1.82, 2.24) is 10.2 Å². The first kappa shape index (κ1) is 15.8. The summed E-state index contributed by atoms with van der Waals surface area (Å²) in [5.74, 6) is 0.488. The molecule has 0 fully saturated rings. The maximum atomic E-state index is 11.8. The number of para-hydroxylation sites is 1. The Morgan fingerprint density at radius 3 is 2.74 bits per heavy atom. The van der Waals surface area contributed by atoms with Crippen molar-refractivity contribution >= 4 is 17.5 Å². The van der Waals surface area contributed by atoms with Gasteiger partial charge in [0.25, 0.3) is 5.91 Å². The van der Waals surface area contributed by atoms with E-state index in [0.29, 0.717) is 17.3 Å². The largest absolute Gasteiger partial charge is 0.479 e. The first-order chi connectivity index (χ1) is 8.97. The van der Waals surface area contributed by atoms with Gasteiger partial charge in [0.05, 0.1) is 5.02 Å². The number of ether oxygens (including phenoxy) is 1. The summed E-state index contributed by atoms with van der Waals surface area (Å²) in [6, 6.07) is 5.58. The van der Waals surface area contributed by atoms with Crippen molar-refractivity contribution in [3.63, 3.8) is 0 Å². The van der Waals surface area contributed by atoms with Crippen LogP contribution in [0.15, 0.2) is 18.2 Å². The summed E-state index contributed by atoms with van der Waals surface area (Å²) in [4.78, 5) is 13.3. The lowest BCUT2D eigenvalue weighted by molar-refractivity contribution is -0.135. The van der Waals surface area contributed by atoms with Gasteiger partial charge < -0.3 is 15.0 Å². The minimum atomic E-state index is -0.560. The number of hydrogen-bond donors (Lipinski definition) is 1. The van der Waals surface area contributed by atoms with Gasteiger partial charge in [-0.05, 0) is 19.5 Å². The maximum Gasteiger partial charge on any atom is 0.262 e. The molecule has 0 spiro atoms. The predicted octanol–water partition coefficient (Wildman–Crippen LogP) is 2.31. The summed E-state index contributed by atoms with van der Waals surface area (Å²) in [5, 5.41) is 3.75. The van der Waals surface area contributed by atoms with Crippen molar-refractivity contribution in [1.29, 1.82) is 0 Å². The van der Waals surface area contributed by atoms with Crippen LogP contribution in [-0.2, 0) is 11.3 Å². The fourth-order valence-corrected chi connectivity index (χ4v) is 1.91. The minimum absolute atomic E-state index is 0.0886. The van der Waals surface area contributed by atoms with Crippen LogP contribution in [-0.4, -0.2) is 37.6 Å². The predicted molar refractivity (Wildman–Crippen MR) is 77.6 cm³/mol. The molecule has 0 heterocycles. The van der Waals surface area contributed by atoms with Crippen molar-refractivity contribution in [2.75, 3.05) is 20.6 Å². The standard InChI is InChI=1S/C14H21ClN2O2/c1-5-16-9-11-7-6-8-12(15)13(11)19-10(2)14(18)17(3)4/h6-8,10,16H,5,9H2,1-4H3. The average Bonchev–Trinajstić information content (AvgIpc) is 2.38. The highest BCUT2D eigenvalue weighted by Crippen LogP contribution is 2.29. The second-order valence-corrected chi connectivity index (χ2v) is 4.91. The van der Waals surface area contributed by atoms with Gasteiger partial charge in [0.15, 0.2) is 6.10 Å². The van der Waals surface area contributed by atoms with E-state index in [1.54, 1.807) is 27.1 Å². The highest BCUT2D eigenvalue weighted by atomic mass is 35.5. The third-order valence-corrected chi connectivity index (χ3v) is 2.99. The Labute approximate surface area is 119 Å². The second kappa shape index (κ2) is 7.36. The number of carbonyl (C=O) groups is 1. The Bertz CT molecular complexity index is 435. The Hall–Kier alpha value is -1.26. The molecule has 1 unspecified atom stereocenters. The van der Waals surface area contributed by atoms with Crippen molar-refractivity contribution in [3.8, 4) is 5.75 Å². The summed E-state index contributed by atoms with van der Waals surface area (Å²) in [6.45, 7) is 5.28. The summed E-state index contributed by atoms with van der Waals surface area (Å²) >= 11 is 6.16. The Kier molecular flexibility index (Phi) is 6.12. The molecule has 1 rings (SSSR count). The van der Waals surface area contributed by atoms with Gasteiger partial charge >= 0.3 is 0 Å². The van der Waals surface area contributed by atoms with Crippen LogP contribution in [0.2, 0.25) is 5.02 Å². The van der Waals surface area contributed by atoms with Gasteiger partial charge in [-0.25, -0.2) is 0 Å². The molecular weight excluding hydrogens is 264 g/mol. The monoisotopic (exact) mass is 284 g/mol. The zero-order chi connectivity index (χ0) is 14.4. The van der Waals surface area contributed by atoms with E-state index in [-0.39, 0.29) is 5.91 Å². The van der Waals surface area contributed by atoms with Crippen LogP contribution < -0.4 is 10.1 Å². The molecule has 1 aromatic carbocycles. The summed E-state index contributed by atoms with van der Waals surface area (Å²) in [5.41, 5.74) is 0.952. The molecule has 0 aliphatic heterocycles. The number of amides is 1. The molecule has 1 aromatic rings. The quantitative estimate of drug-likeness (QED) is 0.872. The van der Waals surface area contributed by atoms with Crippen LogP contribution in [0.1, 0.15) is 19.4 Å². The van der Waals surface area contributed by atoms with Crippen LogP contribution >= 0.6 is 11.6 Å². The molecule has 106 valence electrons. The SMILES string of the molecule is CCNCc1cccc(Cl)c1OC(C)C(=O)N(C)C. The van der Waals surface area contributed by atoms with Crippen molar-refractivity contribution in [3.05, 3.63) is 28.8 Å². The molecule has 5 heteroatoms. The van der Waals surface area contributed by atoms with Crippen LogP contribution in [0.25, 0.3) is 0 Å². The highest BCUT2D eigenvalue weighted by molar-refractivity contribution is 6.32. The van der Waals surface area contributed by atoms with Crippen molar-refractivity contribution < 1.29 is 9.53 Å². The number of benzene rings is 1. The highest BCUT2D eigenvalue weighted by Gasteiger charge is 2.19. The molecule has 4 nitrogen and oxygen atoms in total. The van der Waals surface area contributed by atoms with E-state index in [1.807, 2.05) is 19.1 Å². The zero-order valence-corrected chi connectivity index (χ0v) is 12.6. The second-order valence-electron chi connectivity index (χ2n) is 4.50. The molecule has 1 N–H and O–H groups in total. The Morgan fingerprint density at radius 1 is 1.47 bits per heavy atom. The first-order valence-electron chi connectivity index (χ1n) is 6.33. The molecule has 1 amide bonds. The summed E-state index contributed by atoms with van der Waals surface area (Å²) in [6.07, 6.45) is -0.560. The van der Waals surface area contributed by atoms with E-state index >= 15 is 0 Å². The van der Waals surface area contributed by atoms with Gasteiger partial charge in [-0.1, -0.05) is 30.7 Å². The van der Waals surface area contributed by atoms with Gasteiger partial charge in [0.1, 0.15) is 5.75 Å². The molecular formula is C14H21ClN2O2. The third-order valence-electron chi connectivity index (χ3n) is 2.70. The molecule has 0 bridgehead atoms. The minimum Gasteiger partial charge on any atom is -0.479 e. The Morgan fingerprint density at radius 2 is 2.16 bits per heavy atom. The summed E-state index contributed by atoms with van der Waals surface area (Å²) in [7, 11) is 3.41. The summed E-state index contributed by atoms with van der Waals surface area (Å²) < 4.78 is 5.73. The number of carbonyl (C=O) groups excluding carboxylic acids is 1. The van der Waals surface area contributed by atoms with E-state index in [4.69, 9.17) is 16.3 Å². The lowest BCUT2D eigenvalue weighted by Gasteiger charge is -2.21. The molecule has 0 aliphatic carbocycles. The third kappa shape index (κ3) is 4.40. The fourth-order valence-electron chi connectivity index (χ4n) is 1.68. The van der Waals surface area contributed by atoms with Gasteiger partial charge in [-0.2, -0.15) is 0 Å². The van der Waals surface area contributed by atoms with Gasteiger partial charge in [-0.3, -0.25) is 4.79 Å². The van der Waals surface area contributed by atoms with Gasteiger partial charge in [0.2, 0.25) is 0 Å².